The zero-order valence-corrected chi connectivity index (χ0v) is 20.9. The van der Waals surface area contributed by atoms with Gasteiger partial charge in [0.2, 0.25) is 0 Å². The van der Waals surface area contributed by atoms with Gasteiger partial charge in [-0.15, -0.1) is 0 Å². The molecule has 0 heterocycles. The van der Waals surface area contributed by atoms with Crippen LogP contribution in [0, 0.1) is 17.3 Å². The highest BCUT2D eigenvalue weighted by molar-refractivity contribution is 5.81. The van der Waals surface area contributed by atoms with E-state index >= 15 is 0 Å². The minimum absolute atomic E-state index is 0.230. The van der Waals surface area contributed by atoms with E-state index in [1.165, 1.54) is 44.9 Å². The van der Waals surface area contributed by atoms with Crippen LogP contribution in [-0.4, -0.2) is 17.3 Å². The summed E-state index contributed by atoms with van der Waals surface area (Å²) in [5.41, 5.74) is -1.86. The molecular weight excluding hydrogens is 463 g/mol. The number of hydrogen-bond donors (Lipinski definition) is 1. The molecule has 0 unspecified atom stereocenters. The predicted octanol–water partition coefficient (Wildman–Crippen LogP) is 9.02. The number of carboxylic acids is 1. The van der Waals surface area contributed by atoms with Gasteiger partial charge in [0.1, 0.15) is 0 Å². The zero-order valence-electron chi connectivity index (χ0n) is 20.9. The van der Waals surface area contributed by atoms with E-state index in [0.29, 0.717) is 30.2 Å². The van der Waals surface area contributed by atoms with E-state index in [4.69, 9.17) is 0 Å². The van der Waals surface area contributed by atoms with Crippen molar-refractivity contribution >= 4 is 5.97 Å². The predicted molar refractivity (Wildman–Crippen MR) is 126 cm³/mol. The lowest BCUT2D eigenvalue weighted by atomic mass is 9.52. The van der Waals surface area contributed by atoms with Crippen LogP contribution in [0.25, 0.3) is 0 Å². The van der Waals surface area contributed by atoms with Gasteiger partial charge < -0.3 is 5.11 Å². The molecule has 35 heavy (non-hydrogen) atoms. The summed E-state index contributed by atoms with van der Waals surface area (Å²) in [7, 11) is 0. The fourth-order valence-corrected chi connectivity index (χ4v) is 7.25. The van der Waals surface area contributed by atoms with Crippen molar-refractivity contribution in [3.8, 4) is 0 Å². The first-order valence-corrected chi connectivity index (χ1v) is 13.2. The Bertz CT molecular complexity index is 826. The Morgan fingerprint density at radius 3 is 1.86 bits per heavy atom. The van der Waals surface area contributed by atoms with Gasteiger partial charge in [-0.1, -0.05) is 83.1 Å². The van der Waals surface area contributed by atoms with Crippen LogP contribution in [0.1, 0.15) is 108 Å². The van der Waals surface area contributed by atoms with Crippen molar-refractivity contribution < 1.29 is 31.9 Å². The Morgan fingerprint density at radius 1 is 0.914 bits per heavy atom. The summed E-state index contributed by atoms with van der Waals surface area (Å²) in [5.74, 6) is -4.94. The number of alkyl halides is 5. The van der Waals surface area contributed by atoms with Gasteiger partial charge in [0.15, 0.2) is 0 Å². The van der Waals surface area contributed by atoms with Gasteiger partial charge in [0.25, 0.3) is 0 Å². The third-order valence-electron chi connectivity index (χ3n) is 9.09. The van der Waals surface area contributed by atoms with E-state index in [2.05, 4.69) is 13.8 Å². The lowest BCUT2D eigenvalue weighted by molar-refractivity contribution is -0.289. The lowest BCUT2D eigenvalue weighted by Crippen LogP contribution is -2.46. The van der Waals surface area contributed by atoms with Crippen molar-refractivity contribution in [2.75, 3.05) is 0 Å². The number of carbonyl (C=O) groups is 1. The zero-order chi connectivity index (χ0) is 25.9. The Labute approximate surface area is 205 Å². The van der Waals surface area contributed by atoms with Crippen LogP contribution in [0.15, 0.2) is 24.3 Å². The maximum atomic E-state index is 13.8. The number of carboxylic acid groups (broad SMARTS) is 1. The summed E-state index contributed by atoms with van der Waals surface area (Å²) in [6, 6.07) is 3.80. The Kier molecular flexibility index (Phi) is 8.58. The first-order valence-electron chi connectivity index (χ1n) is 13.2. The monoisotopic (exact) mass is 502 g/mol. The molecule has 2 nitrogen and oxygen atoms in total. The first kappa shape index (κ1) is 27.9. The van der Waals surface area contributed by atoms with E-state index in [-0.39, 0.29) is 5.41 Å². The van der Waals surface area contributed by atoms with Crippen LogP contribution in [0.5, 0.6) is 0 Å². The molecule has 3 rings (SSSR count). The minimum Gasteiger partial charge on any atom is -0.481 e. The lowest BCUT2D eigenvalue weighted by Gasteiger charge is -2.53. The topological polar surface area (TPSA) is 37.3 Å². The van der Waals surface area contributed by atoms with E-state index in [1.807, 2.05) is 0 Å². The third kappa shape index (κ3) is 5.24. The van der Waals surface area contributed by atoms with Crippen LogP contribution < -0.4 is 0 Å². The van der Waals surface area contributed by atoms with Gasteiger partial charge in [0.05, 0.1) is 5.41 Å². The van der Waals surface area contributed by atoms with Crippen LogP contribution in [0.2, 0.25) is 0 Å². The third-order valence-corrected chi connectivity index (χ3v) is 9.09. The molecule has 1 aromatic rings. The summed E-state index contributed by atoms with van der Waals surface area (Å²) in [5, 5.41) is 10.2. The molecule has 0 saturated heterocycles. The second-order valence-corrected chi connectivity index (χ2v) is 10.9. The summed E-state index contributed by atoms with van der Waals surface area (Å²) in [6.07, 6.45) is 7.22. The Hall–Kier alpha value is -1.66. The van der Waals surface area contributed by atoms with Crippen LogP contribution in [0.4, 0.5) is 22.0 Å². The second-order valence-electron chi connectivity index (χ2n) is 10.9. The molecule has 0 spiro atoms. The molecule has 0 bridgehead atoms. The molecule has 0 radical (unpaired) electrons. The number of benzene rings is 1. The average molecular weight is 503 g/mol. The molecule has 1 N–H and O–H groups in total. The molecule has 198 valence electrons. The fourth-order valence-electron chi connectivity index (χ4n) is 7.25. The smallest absolute Gasteiger partial charge is 0.458 e. The Balaban J connectivity index is 1.86. The van der Waals surface area contributed by atoms with E-state index in [1.54, 1.807) is 0 Å². The van der Waals surface area contributed by atoms with Crippen LogP contribution in [-0.2, 0) is 16.1 Å². The molecule has 0 amide bonds. The van der Waals surface area contributed by atoms with Crippen LogP contribution in [0.3, 0.4) is 0 Å². The standard InChI is InChI=1S/C28H39F5O2/c1-3-8-20(9-4-2)25(16-6-5-7-17-25)22-14-18-26(19-15-22,24(34)35)21-10-12-23(13-11-21)27(29,30)28(31,32)33/h10-13,20,22H,3-9,14-19H2,1-2H3,(H,34,35). The first-order chi connectivity index (χ1) is 16.4. The Morgan fingerprint density at radius 2 is 1.43 bits per heavy atom. The molecule has 2 aliphatic carbocycles. The van der Waals surface area contributed by atoms with Gasteiger partial charge in [-0.2, -0.15) is 22.0 Å². The molecule has 7 heteroatoms. The van der Waals surface area contributed by atoms with Crippen molar-refractivity contribution in [2.24, 2.45) is 17.3 Å². The van der Waals surface area contributed by atoms with E-state index in [9.17, 15) is 31.9 Å². The maximum absolute atomic E-state index is 13.8. The van der Waals surface area contributed by atoms with Gasteiger partial charge in [0, 0.05) is 5.56 Å². The summed E-state index contributed by atoms with van der Waals surface area (Å²) in [6.45, 7) is 4.45. The number of rotatable bonds is 9. The van der Waals surface area contributed by atoms with E-state index in [0.717, 1.165) is 49.9 Å². The van der Waals surface area contributed by atoms with Crippen molar-refractivity contribution in [3.63, 3.8) is 0 Å². The van der Waals surface area contributed by atoms with Gasteiger partial charge in [-0.25, -0.2) is 0 Å². The van der Waals surface area contributed by atoms with Crippen LogP contribution >= 0.6 is 0 Å². The minimum atomic E-state index is -5.70. The number of hydrogen-bond acceptors (Lipinski definition) is 1. The average Bonchev–Trinajstić information content (AvgIpc) is 2.83. The fraction of sp³-hybridized carbons (Fsp3) is 0.750. The quantitative estimate of drug-likeness (QED) is 0.342. The van der Waals surface area contributed by atoms with Gasteiger partial charge in [-0.05, 0) is 61.3 Å². The second kappa shape index (κ2) is 10.8. The molecule has 0 aliphatic heterocycles. The summed E-state index contributed by atoms with van der Waals surface area (Å²) < 4.78 is 65.8. The molecular formula is C28H39F5O2. The highest BCUT2D eigenvalue weighted by atomic mass is 19.4. The summed E-state index contributed by atoms with van der Waals surface area (Å²) >= 11 is 0. The largest absolute Gasteiger partial charge is 0.481 e. The van der Waals surface area contributed by atoms with Gasteiger partial charge >= 0.3 is 18.1 Å². The highest BCUT2D eigenvalue weighted by Crippen LogP contribution is 2.57. The highest BCUT2D eigenvalue weighted by Gasteiger charge is 2.59. The van der Waals surface area contributed by atoms with E-state index < -0.39 is 29.0 Å². The van der Waals surface area contributed by atoms with Crippen molar-refractivity contribution in [2.45, 2.75) is 115 Å². The van der Waals surface area contributed by atoms with Crippen molar-refractivity contribution in [3.05, 3.63) is 35.4 Å². The molecule has 2 aliphatic rings. The molecule has 1 aromatic carbocycles. The molecule has 2 saturated carbocycles. The molecule has 0 aromatic heterocycles. The number of halogens is 5. The van der Waals surface area contributed by atoms with Crippen molar-refractivity contribution in [1.29, 1.82) is 0 Å². The molecule has 0 atom stereocenters. The van der Waals surface area contributed by atoms with Gasteiger partial charge in [-0.3, -0.25) is 4.79 Å². The molecule has 2 fully saturated rings. The normalized spacial score (nSPS) is 25.5. The van der Waals surface area contributed by atoms with Crippen molar-refractivity contribution in [1.82, 2.24) is 0 Å². The maximum Gasteiger partial charge on any atom is 0.458 e. The SMILES string of the molecule is CCCC(CCC)C1(C2CCC(C(=O)O)(c3ccc(C(F)(F)C(F)(F)F)cc3)CC2)CCCCC1. The summed E-state index contributed by atoms with van der Waals surface area (Å²) in [4.78, 5) is 12.5. The number of aliphatic carboxylic acids is 1.